The molecule has 0 aliphatic carbocycles. The van der Waals surface area contributed by atoms with E-state index in [2.05, 4.69) is 18.8 Å². The third-order valence-corrected chi connectivity index (χ3v) is 3.13. The number of amides is 1. The Morgan fingerprint density at radius 1 is 1.55 bits per heavy atom. The highest BCUT2D eigenvalue weighted by Crippen LogP contribution is 2.13. The van der Waals surface area contributed by atoms with Crippen molar-refractivity contribution in [1.82, 2.24) is 14.5 Å². The zero-order chi connectivity index (χ0) is 14.7. The van der Waals surface area contributed by atoms with Crippen molar-refractivity contribution in [2.75, 3.05) is 7.05 Å². The van der Waals surface area contributed by atoms with Crippen LogP contribution in [0.3, 0.4) is 0 Å². The molecule has 6 heteroatoms. The predicted molar refractivity (Wildman–Crippen MR) is 75.0 cm³/mol. The second-order valence-electron chi connectivity index (χ2n) is 5.01. The average molecular weight is 276 g/mol. The van der Waals surface area contributed by atoms with Crippen molar-refractivity contribution >= 4 is 5.91 Å². The maximum Gasteiger partial charge on any atom is 0.257 e. The Kier molecular flexibility index (Phi) is 4.24. The molecule has 0 radical (unpaired) electrons. The zero-order valence-corrected chi connectivity index (χ0v) is 12.0. The fourth-order valence-electron chi connectivity index (χ4n) is 2.04. The van der Waals surface area contributed by atoms with E-state index >= 15 is 0 Å². The Balaban J connectivity index is 2.09. The Labute approximate surface area is 118 Å². The number of hydrogen-bond donors (Lipinski definition) is 1. The van der Waals surface area contributed by atoms with E-state index in [1.807, 2.05) is 10.8 Å². The summed E-state index contributed by atoms with van der Waals surface area (Å²) in [4.78, 5) is 18.2. The minimum absolute atomic E-state index is 0.105. The van der Waals surface area contributed by atoms with Gasteiger partial charge in [0.05, 0.1) is 18.7 Å². The quantitative estimate of drug-likeness (QED) is 0.903. The van der Waals surface area contributed by atoms with E-state index < -0.39 is 0 Å². The Hall–Kier alpha value is -2.08. The summed E-state index contributed by atoms with van der Waals surface area (Å²) in [7, 11) is 1.75. The van der Waals surface area contributed by atoms with E-state index in [-0.39, 0.29) is 12.5 Å². The zero-order valence-electron chi connectivity index (χ0n) is 12.0. The van der Waals surface area contributed by atoms with Crippen molar-refractivity contribution < 1.29 is 9.21 Å². The van der Waals surface area contributed by atoms with Gasteiger partial charge in [-0.25, -0.2) is 4.98 Å². The molecule has 2 N–H and O–H groups in total. The first-order chi connectivity index (χ1) is 9.52. The van der Waals surface area contributed by atoms with Crippen LogP contribution in [-0.4, -0.2) is 27.4 Å². The number of imidazole rings is 1. The van der Waals surface area contributed by atoms with E-state index in [1.165, 1.54) is 6.26 Å². The summed E-state index contributed by atoms with van der Waals surface area (Å²) >= 11 is 0. The molecule has 108 valence electrons. The van der Waals surface area contributed by atoms with Gasteiger partial charge in [0.25, 0.3) is 5.91 Å². The predicted octanol–water partition coefficient (Wildman–Crippen LogP) is 1.79. The monoisotopic (exact) mass is 276 g/mol. The molecule has 2 aromatic heterocycles. The van der Waals surface area contributed by atoms with Crippen molar-refractivity contribution in [2.45, 2.75) is 33.0 Å². The summed E-state index contributed by atoms with van der Waals surface area (Å²) in [6.45, 7) is 4.90. The Morgan fingerprint density at radius 3 is 2.90 bits per heavy atom. The fourth-order valence-corrected chi connectivity index (χ4v) is 2.04. The lowest BCUT2D eigenvalue weighted by molar-refractivity contribution is 0.0779. The molecule has 2 heterocycles. The van der Waals surface area contributed by atoms with Gasteiger partial charge in [0.15, 0.2) is 0 Å². The van der Waals surface area contributed by atoms with Gasteiger partial charge in [0.1, 0.15) is 17.8 Å². The molecule has 0 fully saturated rings. The van der Waals surface area contributed by atoms with Gasteiger partial charge < -0.3 is 19.6 Å². The second-order valence-corrected chi connectivity index (χ2v) is 5.01. The van der Waals surface area contributed by atoms with Gasteiger partial charge in [-0.05, 0) is 19.9 Å². The molecular formula is C14H20N4O2. The van der Waals surface area contributed by atoms with Crippen LogP contribution < -0.4 is 5.73 Å². The molecule has 0 aromatic carbocycles. The van der Waals surface area contributed by atoms with E-state index in [9.17, 15) is 4.79 Å². The van der Waals surface area contributed by atoms with Gasteiger partial charge >= 0.3 is 0 Å². The number of nitrogens with two attached hydrogens (primary N) is 1. The van der Waals surface area contributed by atoms with E-state index in [4.69, 9.17) is 10.2 Å². The molecule has 0 unspecified atom stereocenters. The first-order valence-corrected chi connectivity index (χ1v) is 6.57. The van der Waals surface area contributed by atoms with E-state index in [0.29, 0.717) is 23.9 Å². The lowest BCUT2D eigenvalue weighted by atomic mass is 10.2. The average Bonchev–Trinajstić information content (AvgIpc) is 3.06. The third kappa shape index (κ3) is 2.91. The SMILES string of the molecule is CC(C)n1ccnc1CN(C)C(=O)c1coc(CN)c1. The second kappa shape index (κ2) is 5.92. The van der Waals surface area contributed by atoms with Gasteiger partial charge in [0, 0.05) is 25.5 Å². The molecule has 20 heavy (non-hydrogen) atoms. The van der Waals surface area contributed by atoms with E-state index in [1.54, 1.807) is 24.2 Å². The maximum atomic E-state index is 12.3. The molecule has 0 spiro atoms. The number of furan rings is 1. The molecule has 6 nitrogen and oxygen atoms in total. The van der Waals surface area contributed by atoms with Crippen LogP contribution in [0.4, 0.5) is 0 Å². The lowest BCUT2D eigenvalue weighted by Crippen LogP contribution is -2.27. The number of rotatable bonds is 5. The maximum absolute atomic E-state index is 12.3. The van der Waals surface area contributed by atoms with Crippen molar-refractivity contribution in [3.63, 3.8) is 0 Å². The fraction of sp³-hybridized carbons (Fsp3) is 0.429. The largest absolute Gasteiger partial charge is 0.467 e. The first kappa shape index (κ1) is 14.3. The van der Waals surface area contributed by atoms with Crippen LogP contribution in [0.15, 0.2) is 29.1 Å². The molecule has 2 rings (SSSR count). The number of hydrogen-bond acceptors (Lipinski definition) is 4. The number of carbonyl (C=O) groups is 1. The summed E-state index contributed by atoms with van der Waals surface area (Å²) < 4.78 is 7.24. The molecule has 0 saturated heterocycles. The summed E-state index contributed by atoms with van der Waals surface area (Å²) in [5, 5.41) is 0. The molecule has 1 amide bonds. The van der Waals surface area contributed by atoms with Crippen molar-refractivity contribution in [1.29, 1.82) is 0 Å². The van der Waals surface area contributed by atoms with Crippen molar-refractivity contribution in [2.24, 2.45) is 5.73 Å². The van der Waals surface area contributed by atoms with E-state index in [0.717, 1.165) is 5.82 Å². The minimum Gasteiger partial charge on any atom is -0.467 e. The first-order valence-electron chi connectivity index (χ1n) is 6.57. The third-order valence-electron chi connectivity index (χ3n) is 3.13. The normalized spacial score (nSPS) is 11.1. The van der Waals surface area contributed by atoms with Crippen LogP contribution in [0.1, 0.15) is 41.8 Å². The summed E-state index contributed by atoms with van der Waals surface area (Å²) in [5.41, 5.74) is 5.98. The molecule has 0 bridgehead atoms. The van der Waals surface area contributed by atoms with Crippen LogP contribution in [-0.2, 0) is 13.1 Å². The molecule has 2 aromatic rings. The minimum atomic E-state index is -0.105. The summed E-state index contributed by atoms with van der Waals surface area (Å²) in [5.74, 6) is 1.36. The lowest BCUT2D eigenvalue weighted by Gasteiger charge is -2.18. The van der Waals surface area contributed by atoms with Gasteiger partial charge in [-0.2, -0.15) is 0 Å². The van der Waals surface area contributed by atoms with Crippen LogP contribution in [0.25, 0.3) is 0 Å². The number of aromatic nitrogens is 2. The van der Waals surface area contributed by atoms with Crippen molar-refractivity contribution in [3.8, 4) is 0 Å². The number of nitrogens with zero attached hydrogens (tertiary/aromatic N) is 3. The van der Waals surface area contributed by atoms with Crippen LogP contribution >= 0.6 is 0 Å². The Bertz CT molecular complexity index is 586. The van der Waals surface area contributed by atoms with Crippen LogP contribution in [0.2, 0.25) is 0 Å². The van der Waals surface area contributed by atoms with Gasteiger partial charge in [0.2, 0.25) is 0 Å². The summed E-state index contributed by atoms with van der Waals surface area (Å²) in [6.07, 6.45) is 5.11. The summed E-state index contributed by atoms with van der Waals surface area (Å²) in [6, 6.07) is 1.99. The highest BCUT2D eigenvalue weighted by molar-refractivity contribution is 5.93. The molecule has 0 aliphatic heterocycles. The molecule has 0 saturated carbocycles. The van der Waals surface area contributed by atoms with Gasteiger partial charge in [-0.3, -0.25) is 4.79 Å². The smallest absolute Gasteiger partial charge is 0.257 e. The van der Waals surface area contributed by atoms with Crippen molar-refractivity contribution in [3.05, 3.63) is 41.9 Å². The Morgan fingerprint density at radius 2 is 2.30 bits per heavy atom. The van der Waals surface area contributed by atoms with Gasteiger partial charge in [-0.1, -0.05) is 0 Å². The molecular weight excluding hydrogens is 256 g/mol. The molecule has 0 aliphatic rings. The van der Waals surface area contributed by atoms with Crippen LogP contribution in [0, 0.1) is 0 Å². The standard InChI is InChI=1S/C14H20N4O2/c1-10(2)18-5-4-16-13(18)8-17(3)14(19)11-6-12(7-15)20-9-11/h4-6,9-10H,7-8,15H2,1-3H3. The highest BCUT2D eigenvalue weighted by Gasteiger charge is 2.17. The van der Waals surface area contributed by atoms with Crippen LogP contribution in [0.5, 0.6) is 0 Å². The highest BCUT2D eigenvalue weighted by atomic mass is 16.3. The topological polar surface area (TPSA) is 77.3 Å². The van der Waals surface area contributed by atoms with Gasteiger partial charge in [-0.15, -0.1) is 0 Å². The number of carbonyl (C=O) groups excluding carboxylic acids is 1. The molecule has 0 atom stereocenters.